The van der Waals surface area contributed by atoms with Crippen LogP contribution in [-0.4, -0.2) is 26.9 Å². The normalized spacial score (nSPS) is 20.9. The lowest BCUT2D eigenvalue weighted by Gasteiger charge is -2.38. The summed E-state index contributed by atoms with van der Waals surface area (Å²) in [6.45, 7) is 2.77. The Kier molecular flexibility index (Phi) is 5.01. The zero-order valence-corrected chi connectivity index (χ0v) is 15.4. The highest BCUT2D eigenvalue weighted by Crippen LogP contribution is 2.41. The lowest BCUT2D eigenvalue weighted by Crippen LogP contribution is -2.36. The first-order chi connectivity index (χ1) is 12.3. The van der Waals surface area contributed by atoms with Crippen LogP contribution in [0.3, 0.4) is 0 Å². The van der Waals surface area contributed by atoms with Gasteiger partial charge in [-0.05, 0) is 50.1 Å². The van der Waals surface area contributed by atoms with E-state index in [-0.39, 0.29) is 16.6 Å². The number of hydrogen-bond acceptors (Lipinski definition) is 6. The molecule has 26 heavy (non-hydrogen) atoms. The molecule has 1 saturated heterocycles. The summed E-state index contributed by atoms with van der Waals surface area (Å²) in [5, 5.41) is 11.6. The molecule has 9 heteroatoms. The molecule has 2 heterocycles. The summed E-state index contributed by atoms with van der Waals surface area (Å²) in [6, 6.07) is 7.54. The van der Waals surface area contributed by atoms with Crippen molar-refractivity contribution in [2.75, 3.05) is 18.5 Å². The summed E-state index contributed by atoms with van der Waals surface area (Å²) in [4.78, 5) is 12.9. The SMILES string of the molecule is CNS(=O)(=O)c1ccc(N2CCC(C)CC2c2ccco2)c([N+](=O)[O-])c1. The van der Waals surface area contributed by atoms with E-state index in [4.69, 9.17) is 4.42 Å². The lowest BCUT2D eigenvalue weighted by molar-refractivity contribution is -0.384. The second-order valence-electron chi connectivity index (χ2n) is 6.47. The molecule has 1 N–H and O–H groups in total. The number of nitro benzene ring substituents is 1. The minimum Gasteiger partial charge on any atom is -0.467 e. The van der Waals surface area contributed by atoms with Crippen LogP contribution in [0.2, 0.25) is 0 Å². The fourth-order valence-electron chi connectivity index (χ4n) is 3.36. The number of nitrogens with zero attached hydrogens (tertiary/aromatic N) is 2. The smallest absolute Gasteiger partial charge is 0.293 e. The number of nitrogens with one attached hydrogen (secondary N) is 1. The van der Waals surface area contributed by atoms with Crippen molar-refractivity contribution in [2.24, 2.45) is 5.92 Å². The minimum atomic E-state index is -3.76. The molecule has 0 amide bonds. The molecule has 1 aromatic carbocycles. The van der Waals surface area contributed by atoms with E-state index in [2.05, 4.69) is 11.6 Å². The number of benzene rings is 1. The predicted molar refractivity (Wildman–Crippen MR) is 96.5 cm³/mol. The van der Waals surface area contributed by atoms with Gasteiger partial charge in [0.2, 0.25) is 10.0 Å². The highest BCUT2D eigenvalue weighted by molar-refractivity contribution is 7.89. The Hall–Kier alpha value is -2.39. The van der Waals surface area contributed by atoms with Gasteiger partial charge in [-0.25, -0.2) is 13.1 Å². The Morgan fingerprint density at radius 2 is 2.12 bits per heavy atom. The quantitative estimate of drug-likeness (QED) is 0.632. The number of rotatable bonds is 5. The van der Waals surface area contributed by atoms with Gasteiger partial charge in [-0.15, -0.1) is 0 Å². The molecule has 8 nitrogen and oxygen atoms in total. The van der Waals surface area contributed by atoms with E-state index in [0.717, 1.165) is 24.7 Å². The molecule has 0 aliphatic carbocycles. The molecule has 1 fully saturated rings. The van der Waals surface area contributed by atoms with Crippen molar-refractivity contribution >= 4 is 21.4 Å². The molecule has 3 rings (SSSR count). The van der Waals surface area contributed by atoms with E-state index in [1.807, 2.05) is 11.0 Å². The van der Waals surface area contributed by atoms with Crippen molar-refractivity contribution in [3.05, 3.63) is 52.5 Å². The van der Waals surface area contributed by atoms with Crippen LogP contribution >= 0.6 is 0 Å². The molecule has 140 valence electrons. The first-order valence-electron chi connectivity index (χ1n) is 8.35. The molecule has 0 bridgehead atoms. The van der Waals surface area contributed by atoms with Crippen LogP contribution in [0.4, 0.5) is 11.4 Å². The van der Waals surface area contributed by atoms with Crippen LogP contribution in [0.15, 0.2) is 45.9 Å². The summed E-state index contributed by atoms with van der Waals surface area (Å²) in [7, 11) is -2.49. The maximum absolute atomic E-state index is 12.0. The number of piperidine rings is 1. The zero-order chi connectivity index (χ0) is 18.9. The first kappa shape index (κ1) is 18.4. The average Bonchev–Trinajstić information content (AvgIpc) is 3.15. The maximum Gasteiger partial charge on any atom is 0.293 e. The summed E-state index contributed by atoms with van der Waals surface area (Å²) in [5.41, 5.74) is 0.172. The molecule has 0 radical (unpaired) electrons. The number of nitro groups is 1. The van der Waals surface area contributed by atoms with Gasteiger partial charge in [0.15, 0.2) is 0 Å². The van der Waals surface area contributed by atoms with Gasteiger partial charge in [0.05, 0.1) is 22.1 Å². The van der Waals surface area contributed by atoms with Crippen molar-refractivity contribution in [3.63, 3.8) is 0 Å². The third kappa shape index (κ3) is 3.45. The fourth-order valence-corrected chi connectivity index (χ4v) is 4.11. The van der Waals surface area contributed by atoms with Crippen LogP contribution in [0.25, 0.3) is 0 Å². The van der Waals surface area contributed by atoms with E-state index in [0.29, 0.717) is 18.2 Å². The molecule has 1 aliphatic rings. The molecule has 1 aromatic heterocycles. The van der Waals surface area contributed by atoms with E-state index in [1.165, 1.54) is 19.2 Å². The highest BCUT2D eigenvalue weighted by Gasteiger charge is 2.34. The summed E-state index contributed by atoms with van der Waals surface area (Å²) < 4.78 is 31.7. The predicted octanol–water partition coefficient (Wildman–Crippen LogP) is 3.07. The Morgan fingerprint density at radius 3 is 2.73 bits per heavy atom. The molecule has 0 spiro atoms. The van der Waals surface area contributed by atoms with Crippen molar-refractivity contribution in [3.8, 4) is 0 Å². The Morgan fingerprint density at radius 1 is 1.35 bits per heavy atom. The number of anilines is 1. The van der Waals surface area contributed by atoms with E-state index >= 15 is 0 Å². The zero-order valence-electron chi connectivity index (χ0n) is 14.6. The summed E-state index contributed by atoms with van der Waals surface area (Å²) in [6.07, 6.45) is 3.29. The molecule has 2 atom stereocenters. The topological polar surface area (TPSA) is 106 Å². The Labute approximate surface area is 152 Å². The van der Waals surface area contributed by atoms with Gasteiger partial charge >= 0.3 is 0 Å². The number of hydrogen-bond donors (Lipinski definition) is 1. The Bertz CT molecular complexity index is 895. The second kappa shape index (κ2) is 7.08. The molecule has 2 unspecified atom stereocenters. The first-order valence-corrected chi connectivity index (χ1v) is 9.84. The number of furan rings is 1. The molecular formula is C17H21N3O5S. The fraction of sp³-hybridized carbons (Fsp3) is 0.412. The van der Waals surface area contributed by atoms with Crippen LogP contribution in [0.1, 0.15) is 31.6 Å². The largest absolute Gasteiger partial charge is 0.467 e. The van der Waals surface area contributed by atoms with Crippen LogP contribution in [-0.2, 0) is 10.0 Å². The van der Waals surface area contributed by atoms with Crippen LogP contribution < -0.4 is 9.62 Å². The second-order valence-corrected chi connectivity index (χ2v) is 8.36. The molecule has 0 saturated carbocycles. The monoisotopic (exact) mass is 379 g/mol. The third-order valence-corrected chi connectivity index (χ3v) is 6.18. The molecule has 2 aromatic rings. The van der Waals surface area contributed by atoms with Gasteiger partial charge in [0.25, 0.3) is 5.69 Å². The number of sulfonamides is 1. The van der Waals surface area contributed by atoms with Gasteiger partial charge in [-0.2, -0.15) is 0 Å². The van der Waals surface area contributed by atoms with Gasteiger partial charge in [0, 0.05) is 12.6 Å². The van der Waals surface area contributed by atoms with E-state index < -0.39 is 14.9 Å². The van der Waals surface area contributed by atoms with Gasteiger partial charge < -0.3 is 9.32 Å². The van der Waals surface area contributed by atoms with Crippen molar-refractivity contribution in [2.45, 2.75) is 30.7 Å². The van der Waals surface area contributed by atoms with Crippen molar-refractivity contribution in [1.82, 2.24) is 4.72 Å². The highest BCUT2D eigenvalue weighted by atomic mass is 32.2. The summed E-state index contributed by atoms with van der Waals surface area (Å²) >= 11 is 0. The van der Waals surface area contributed by atoms with Crippen molar-refractivity contribution in [1.29, 1.82) is 0 Å². The van der Waals surface area contributed by atoms with Gasteiger partial charge in [-0.1, -0.05) is 6.92 Å². The van der Waals surface area contributed by atoms with E-state index in [9.17, 15) is 18.5 Å². The lowest BCUT2D eigenvalue weighted by atomic mass is 9.90. The molecular weight excluding hydrogens is 358 g/mol. The van der Waals surface area contributed by atoms with Crippen molar-refractivity contribution < 1.29 is 17.8 Å². The van der Waals surface area contributed by atoms with Crippen LogP contribution in [0.5, 0.6) is 0 Å². The average molecular weight is 379 g/mol. The van der Waals surface area contributed by atoms with Gasteiger partial charge in [0.1, 0.15) is 11.4 Å². The standard InChI is InChI=1S/C17H21N3O5S/c1-12-7-8-19(16(10-12)17-4-3-9-25-17)14-6-5-13(26(23,24)18-2)11-15(14)20(21)22/h3-6,9,11-12,16,18H,7-8,10H2,1-2H3. The molecule has 1 aliphatic heterocycles. The minimum absolute atomic E-state index is 0.126. The maximum atomic E-state index is 12.0. The van der Waals surface area contributed by atoms with Gasteiger partial charge in [-0.3, -0.25) is 10.1 Å². The van der Waals surface area contributed by atoms with E-state index in [1.54, 1.807) is 12.3 Å². The van der Waals surface area contributed by atoms with Crippen LogP contribution in [0, 0.1) is 16.0 Å². The Balaban J connectivity index is 2.08. The third-order valence-electron chi connectivity index (χ3n) is 4.77. The summed E-state index contributed by atoms with van der Waals surface area (Å²) in [5.74, 6) is 1.21.